The summed E-state index contributed by atoms with van der Waals surface area (Å²) in [5.41, 5.74) is 0. The Balaban J connectivity index is 1.73. The van der Waals surface area contributed by atoms with Crippen LogP contribution in [0.4, 0.5) is 0 Å². The van der Waals surface area contributed by atoms with Crippen LogP contribution < -0.4 is 5.32 Å². The zero-order valence-electron chi connectivity index (χ0n) is 27.5. The zero-order valence-corrected chi connectivity index (χ0v) is 27.5. The Kier molecular flexibility index (Phi) is 14.5. The highest BCUT2D eigenvalue weighted by Crippen LogP contribution is 2.36. The highest BCUT2D eigenvalue weighted by Gasteiger charge is 2.56. The zero-order chi connectivity index (χ0) is 36.3. The van der Waals surface area contributed by atoms with Gasteiger partial charge in [-0.1, -0.05) is 6.92 Å². The molecule has 0 aromatic carbocycles. The van der Waals surface area contributed by atoms with E-state index in [0.717, 1.165) is 6.92 Å². The molecule has 0 radical (unpaired) electrons. The van der Waals surface area contributed by atoms with Crippen LogP contribution in [0.2, 0.25) is 0 Å². The molecule has 4 fully saturated rings. The lowest BCUT2D eigenvalue weighted by molar-refractivity contribution is -0.401. The van der Waals surface area contributed by atoms with Crippen molar-refractivity contribution in [3.8, 4) is 0 Å². The average molecular weight is 718 g/mol. The van der Waals surface area contributed by atoms with Crippen LogP contribution >= 0.6 is 0 Å². The van der Waals surface area contributed by atoms with Gasteiger partial charge in [-0.2, -0.15) is 0 Å². The first-order valence-corrected chi connectivity index (χ1v) is 16.3. The Morgan fingerprint density at radius 1 is 0.592 bits per heavy atom. The Labute approximate surface area is 281 Å². The molecule has 0 spiro atoms. The number of hydrogen-bond donors (Lipinski definition) is 11. The molecular formula is C29H51NO19. The molecule has 0 aromatic heterocycles. The number of ether oxygens (including phenoxy) is 8. The molecule has 0 saturated carbocycles. The van der Waals surface area contributed by atoms with E-state index in [1.165, 1.54) is 13.8 Å². The van der Waals surface area contributed by atoms with Crippen LogP contribution in [0.1, 0.15) is 34.1 Å². The first-order chi connectivity index (χ1) is 23.1. The average Bonchev–Trinajstić information content (AvgIpc) is 3.07. The predicted molar refractivity (Wildman–Crippen MR) is 157 cm³/mol. The third-order valence-electron chi connectivity index (χ3n) is 9.00. The summed E-state index contributed by atoms with van der Waals surface area (Å²) in [6.45, 7) is 4.45. The van der Waals surface area contributed by atoms with Crippen molar-refractivity contribution >= 4 is 5.91 Å². The molecule has 0 aromatic rings. The normalized spacial score (nSPS) is 49.4. The van der Waals surface area contributed by atoms with E-state index in [1.807, 2.05) is 6.92 Å². The van der Waals surface area contributed by atoms with Crippen LogP contribution in [0.25, 0.3) is 0 Å². The maximum Gasteiger partial charge on any atom is 0.217 e. The first-order valence-electron chi connectivity index (χ1n) is 16.3. The van der Waals surface area contributed by atoms with Gasteiger partial charge in [-0.15, -0.1) is 0 Å². The van der Waals surface area contributed by atoms with Gasteiger partial charge in [-0.05, 0) is 20.3 Å². The summed E-state index contributed by atoms with van der Waals surface area (Å²) in [5.74, 6) is -0.673. The predicted octanol–water partition coefficient (Wildman–Crippen LogP) is -6.12. The van der Waals surface area contributed by atoms with Crippen molar-refractivity contribution in [3.05, 3.63) is 0 Å². The standard InChI is InChI=1S/C29H51NO19/c1-5-6-42-28-24(21(40)15(34)9(2)43-28)48-29-25(49-26-14(30-11(4)33)19(38)17(36)12(7-31)45-26)23(16(35)10(3)44-29)47-27-22(41)20(39)18(37)13(8-32)46-27/h9-10,12-29,31-32,34-41H,5-8H2,1-4H3,(H,30,33)/t9?,10?,12?,13-,14?,15+,16+,17+,18-,19-,20?,21-,22?,23-,24?,25?,26+,27-,28-,29+/m1/s1. The van der Waals surface area contributed by atoms with Crippen molar-refractivity contribution in [2.75, 3.05) is 19.8 Å². The van der Waals surface area contributed by atoms with E-state index >= 15 is 0 Å². The maximum absolute atomic E-state index is 12.1. The van der Waals surface area contributed by atoms with Crippen LogP contribution in [0.3, 0.4) is 0 Å². The molecular weight excluding hydrogens is 666 g/mol. The highest BCUT2D eigenvalue weighted by molar-refractivity contribution is 5.73. The summed E-state index contributed by atoms with van der Waals surface area (Å²) in [7, 11) is 0. The van der Waals surface area contributed by atoms with Gasteiger partial charge in [0, 0.05) is 13.5 Å². The van der Waals surface area contributed by atoms with Gasteiger partial charge in [0.05, 0.1) is 25.4 Å². The number of carbonyl (C=O) groups excluding carboxylic acids is 1. The van der Waals surface area contributed by atoms with Crippen molar-refractivity contribution in [1.29, 1.82) is 0 Å². The van der Waals surface area contributed by atoms with Crippen molar-refractivity contribution < 1.29 is 93.8 Å². The van der Waals surface area contributed by atoms with Crippen molar-refractivity contribution in [3.63, 3.8) is 0 Å². The second-order valence-corrected chi connectivity index (χ2v) is 12.7. The van der Waals surface area contributed by atoms with E-state index < -0.39 is 142 Å². The lowest BCUT2D eigenvalue weighted by atomic mass is 9.95. The minimum Gasteiger partial charge on any atom is -0.394 e. The summed E-state index contributed by atoms with van der Waals surface area (Å²) in [5, 5.41) is 108. The minimum atomic E-state index is -1.92. The maximum atomic E-state index is 12.1. The number of carbonyl (C=O) groups is 1. The number of hydrogen-bond acceptors (Lipinski definition) is 19. The van der Waals surface area contributed by atoms with Gasteiger partial charge in [0.2, 0.25) is 5.91 Å². The molecule has 4 heterocycles. The molecule has 4 aliphatic rings. The quantitative estimate of drug-likeness (QED) is 0.0895. The molecule has 1 amide bonds. The molecule has 0 aliphatic carbocycles. The Bertz CT molecular complexity index is 1040. The van der Waals surface area contributed by atoms with E-state index in [-0.39, 0.29) is 6.61 Å². The molecule has 4 rings (SSSR count). The summed E-state index contributed by atoms with van der Waals surface area (Å²) in [6, 6.07) is -1.49. The monoisotopic (exact) mass is 717 g/mol. The van der Waals surface area contributed by atoms with E-state index in [1.54, 1.807) is 0 Å². The van der Waals surface area contributed by atoms with Crippen LogP contribution in [-0.2, 0) is 42.7 Å². The number of nitrogens with one attached hydrogen (secondary N) is 1. The molecule has 4 aliphatic heterocycles. The molecule has 286 valence electrons. The second-order valence-electron chi connectivity index (χ2n) is 12.7. The van der Waals surface area contributed by atoms with Crippen molar-refractivity contribution in [2.24, 2.45) is 0 Å². The van der Waals surface area contributed by atoms with Gasteiger partial charge in [-0.25, -0.2) is 0 Å². The molecule has 4 saturated heterocycles. The third-order valence-corrected chi connectivity index (χ3v) is 9.00. The lowest BCUT2D eigenvalue weighted by Gasteiger charge is -2.50. The summed E-state index contributed by atoms with van der Waals surface area (Å²) >= 11 is 0. The van der Waals surface area contributed by atoms with Gasteiger partial charge in [0.1, 0.15) is 85.4 Å². The Morgan fingerprint density at radius 3 is 1.71 bits per heavy atom. The van der Waals surface area contributed by atoms with Crippen LogP contribution in [0.5, 0.6) is 0 Å². The van der Waals surface area contributed by atoms with Crippen molar-refractivity contribution in [1.82, 2.24) is 5.32 Å². The summed E-state index contributed by atoms with van der Waals surface area (Å²) < 4.78 is 47.0. The first kappa shape index (κ1) is 40.5. The molecule has 20 nitrogen and oxygen atoms in total. The van der Waals surface area contributed by atoms with Crippen LogP contribution in [-0.4, -0.2) is 200 Å². The number of aliphatic hydroxyl groups excluding tert-OH is 10. The SMILES string of the molecule is CCCO[C@@H]1OC(C)[C@H](O)[C@@H](O)C1O[C@@H]1OC(C)[C@H](O)[C@@H](O[C@H]2O[C@H](CO)[C@@H](O)C(O)C2O)C1O[C@@H]1OC(CO)[C@H](O)[C@H](O)C1NC(C)=O. The summed E-state index contributed by atoms with van der Waals surface area (Å²) in [6.07, 6.45) is -29.3. The molecule has 49 heavy (non-hydrogen) atoms. The van der Waals surface area contributed by atoms with Crippen molar-refractivity contribution in [2.45, 2.75) is 157 Å². The Morgan fingerprint density at radius 2 is 1.12 bits per heavy atom. The van der Waals surface area contributed by atoms with E-state index in [9.17, 15) is 55.9 Å². The van der Waals surface area contributed by atoms with Gasteiger partial charge in [0.15, 0.2) is 25.2 Å². The highest BCUT2D eigenvalue weighted by atomic mass is 16.8. The minimum absolute atomic E-state index is 0.167. The fourth-order valence-corrected chi connectivity index (χ4v) is 6.14. The Hall–Kier alpha value is -1.25. The van der Waals surface area contributed by atoms with E-state index in [0.29, 0.717) is 6.42 Å². The number of rotatable bonds is 12. The van der Waals surface area contributed by atoms with Crippen LogP contribution in [0, 0.1) is 0 Å². The molecule has 0 bridgehead atoms. The number of amides is 1. The van der Waals surface area contributed by atoms with E-state index in [4.69, 9.17) is 37.9 Å². The third kappa shape index (κ3) is 8.87. The molecule has 11 N–H and O–H groups in total. The van der Waals surface area contributed by atoms with Gasteiger partial charge >= 0.3 is 0 Å². The molecule has 8 unspecified atom stereocenters. The largest absolute Gasteiger partial charge is 0.394 e. The number of aliphatic hydroxyl groups is 10. The van der Waals surface area contributed by atoms with Gasteiger partial charge in [0.25, 0.3) is 0 Å². The summed E-state index contributed by atoms with van der Waals surface area (Å²) in [4.78, 5) is 12.1. The van der Waals surface area contributed by atoms with Gasteiger partial charge < -0.3 is 94.3 Å². The second kappa shape index (κ2) is 17.5. The van der Waals surface area contributed by atoms with Gasteiger partial charge in [-0.3, -0.25) is 4.79 Å². The smallest absolute Gasteiger partial charge is 0.217 e. The van der Waals surface area contributed by atoms with Crippen LogP contribution in [0.15, 0.2) is 0 Å². The fourth-order valence-electron chi connectivity index (χ4n) is 6.14. The molecule has 20 atom stereocenters. The topological polar surface area (TPSA) is 305 Å². The van der Waals surface area contributed by atoms with E-state index in [2.05, 4.69) is 5.32 Å². The fraction of sp³-hybridized carbons (Fsp3) is 0.966. The molecule has 20 heteroatoms. The lowest BCUT2D eigenvalue weighted by Crippen LogP contribution is -2.69.